The number of carbonyl (C=O) groups excluding carboxylic acids is 1. The summed E-state index contributed by atoms with van der Waals surface area (Å²) in [6.45, 7) is 1.61. The average molecular weight is 348 g/mol. The van der Waals surface area contributed by atoms with E-state index >= 15 is 0 Å². The highest BCUT2D eigenvalue weighted by Crippen LogP contribution is 2.21. The molecule has 2 aromatic carbocycles. The van der Waals surface area contributed by atoms with Crippen molar-refractivity contribution in [3.63, 3.8) is 0 Å². The number of benzene rings is 2. The summed E-state index contributed by atoms with van der Waals surface area (Å²) in [7, 11) is 0. The van der Waals surface area contributed by atoms with Crippen molar-refractivity contribution in [1.82, 2.24) is 5.43 Å². The van der Waals surface area contributed by atoms with Crippen molar-refractivity contribution >= 4 is 29.4 Å². The number of hydrogen-bond acceptors (Lipinski definition) is 5. The van der Waals surface area contributed by atoms with Gasteiger partial charge in [-0.1, -0.05) is 23.7 Å². The summed E-state index contributed by atoms with van der Waals surface area (Å²) in [5, 5.41) is 15.0. The first-order valence-electron chi connectivity index (χ1n) is 6.91. The first-order valence-corrected chi connectivity index (χ1v) is 7.29. The molecular weight excluding hydrogens is 334 g/mol. The van der Waals surface area contributed by atoms with Crippen molar-refractivity contribution in [2.24, 2.45) is 5.10 Å². The van der Waals surface area contributed by atoms with Crippen LogP contribution in [-0.2, 0) is 4.79 Å². The predicted octanol–water partition coefficient (Wildman–Crippen LogP) is 3.09. The maximum absolute atomic E-state index is 11.7. The molecule has 7 nitrogen and oxygen atoms in total. The van der Waals surface area contributed by atoms with Crippen molar-refractivity contribution < 1.29 is 14.5 Å². The SMILES string of the molecule is Cc1cc(Cl)ccc1OCC(=O)N/N=C\c1cccc([N+](=O)[O-])c1. The molecule has 0 saturated carbocycles. The zero-order chi connectivity index (χ0) is 17.5. The third-order valence-corrected chi connectivity index (χ3v) is 3.21. The van der Waals surface area contributed by atoms with Crippen LogP contribution < -0.4 is 10.2 Å². The molecule has 2 aromatic rings. The summed E-state index contributed by atoms with van der Waals surface area (Å²) >= 11 is 5.84. The molecule has 0 aliphatic carbocycles. The van der Waals surface area contributed by atoms with E-state index in [9.17, 15) is 14.9 Å². The molecule has 0 fully saturated rings. The molecule has 0 bridgehead atoms. The number of halogens is 1. The summed E-state index contributed by atoms with van der Waals surface area (Å²) in [5.41, 5.74) is 3.56. The lowest BCUT2D eigenvalue weighted by Gasteiger charge is -2.08. The standard InChI is InChI=1S/C16H14ClN3O4/c1-11-7-13(17)5-6-15(11)24-10-16(21)19-18-9-12-3-2-4-14(8-12)20(22)23/h2-9H,10H2,1H3,(H,19,21)/b18-9-. The van der Waals surface area contributed by atoms with E-state index < -0.39 is 10.8 Å². The summed E-state index contributed by atoms with van der Waals surface area (Å²) in [5.74, 6) is 0.100. The normalized spacial score (nSPS) is 10.6. The number of rotatable bonds is 6. The van der Waals surface area contributed by atoms with E-state index in [1.54, 1.807) is 24.3 Å². The monoisotopic (exact) mass is 347 g/mol. The molecule has 24 heavy (non-hydrogen) atoms. The van der Waals surface area contributed by atoms with Crippen LogP contribution in [0.4, 0.5) is 5.69 Å². The molecular formula is C16H14ClN3O4. The van der Waals surface area contributed by atoms with Gasteiger partial charge in [-0.15, -0.1) is 0 Å². The van der Waals surface area contributed by atoms with Gasteiger partial charge in [0.15, 0.2) is 6.61 Å². The van der Waals surface area contributed by atoms with E-state index in [1.165, 1.54) is 24.4 Å². The Hall–Kier alpha value is -2.93. The maximum atomic E-state index is 11.7. The number of nitro groups is 1. The van der Waals surface area contributed by atoms with Gasteiger partial charge < -0.3 is 4.74 Å². The van der Waals surface area contributed by atoms with Gasteiger partial charge in [-0.2, -0.15) is 5.10 Å². The number of aryl methyl sites for hydroxylation is 1. The van der Waals surface area contributed by atoms with Crippen molar-refractivity contribution in [2.75, 3.05) is 6.61 Å². The first kappa shape index (κ1) is 17.4. The molecule has 1 amide bonds. The van der Waals surface area contributed by atoms with Gasteiger partial charge in [-0.3, -0.25) is 14.9 Å². The largest absolute Gasteiger partial charge is 0.483 e. The Morgan fingerprint density at radius 1 is 1.38 bits per heavy atom. The average Bonchev–Trinajstić information content (AvgIpc) is 2.54. The highest BCUT2D eigenvalue weighted by Gasteiger charge is 2.06. The van der Waals surface area contributed by atoms with E-state index in [0.717, 1.165) is 5.56 Å². The minimum Gasteiger partial charge on any atom is -0.483 e. The third kappa shape index (κ3) is 5.06. The summed E-state index contributed by atoms with van der Waals surface area (Å²) in [6, 6.07) is 11.0. The molecule has 0 unspecified atom stereocenters. The van der Waals surface area contributed by atoms with Crippen LogP contribution in [0.5, 0.6) is 5.75 Å². The lowest BCUT2D eigenvalue weighted by Crippen LogP contribution is -2.24. The second-order valence-electron chi connectivity index (χ2n) is 4.84. The van der Waals surface area contributed by atoms with Gasteiger partial charge in [-0.05, 0) is 30.7 Å². The van der Waals surface area contributed by atoms with Gasteiger partial charge in [0.2, 0.25) is 0 Å². The molecule has 0 radical (unpaired) electrons. The fraction of sp³-hybridized carbons (Fsp3) is 0.125. The molecule has 2 rings (SSSR count). The Morgan fingerprint density at radius 3 is 2.88 bits per heavy atom. The van der Waals surface area contributed by atoms with Gasteiger partial charge in [-0.25, -0.2) is 5.43 Å². The molecule has 0 heterocycles. The van der Waals surface area contributed by atoms with Crippen molar-refractivity contribution in [2.45, 2.75) is 6.92 Å². The smallest absolute Gasteiger partial charge is 0.277 e. The molecule has 0 aliphatic heterocycles. The fourth-order valence-corrected chi connectivity index (χ4v) is 2.07. The first-order chi connectivity index (χ1) is 11.5. The van der Waals surface area contributed by atoms with Gasteiger partial charge in [0, 0.05) is 22.7 Å². The van der Waals surface area contributed by atoms with Crippen molar-refractivity contribution in [1.29, 1.82) is 0 Å². The fourth-order valence-electron chi connectivity index (χ4n) is 1.85. The van der Waals surface area contributed by atoms with Crippen LogP contribution in [0.2, 0.25) is 5.02 Å². The van der Waals surface area contributed by atoms with Crippen LogP contribution in [-0.4, -0.2) is 23.7 Å². The van der Waals surface area contributed by atoms with Crippen LogP contribution in [0.15, 0.2) is 47.6 Å². The Labute approximate surface area is 143 Å². The van der Waals surface area contributed by atoms with Gasteiger partial charge in [0.25, 0.3) is 11.6 Å². The number of amides is 1. The van der Waals surface area contributed by atoms with E-state index in [2.05, 4.69) is 10.5 Å². The molecule has 0 aromatic heterocycles. The Balaban J connectivity index is 1.86. The number of non-ortho nitro benzene ring substituents is 1. The van der Waals surface area contributed by atoms with E-state index in [-0.39, 0.29) is 12.3 Å². The van der Waals surface area contributed by atoms with Gasteiger partial charge in [0.1, 0.15) is 5.75 Å². The number of hydrogen-bond donors (Lipinski definition) is 1. The van der Waals surface area contributed by atoms with E-state index in [4.69, 9.17) is 16.3 Å². The number of nitrogens with one attached hydrogen (secondary N) is 1. The van der Waals surface area contributed by atoms with Gasteiger partial charge in [0.05, 0.1) is 11.1 Å². The Morgan fingerprint density at radius 2 is 2.17 bits per heavy atom. The number of carbonyl (C=O) groups is 1. The summed E-state index contributed by atoms with van der Waals surface area (Å²) in [6.07, 6.45) is 1.32. The minimum atomic E-state index is -0.502. The molecule has 0 saturated heterocycles. The van der Waals surface area contributed by atoms with Crippen LogP contribution in [0.25, 0.3) is 0 Å². The zero-order valence-corrected chi connectivity index (χ0v) is 13.5. The van der Waals surface area contributed by atoms with Gasteiger partial charge >= 0.3 is 0 Å². The second kappa shape index (κ2) is 8.07. The lowest BCUT2D eigenvalue weighted by atomic mass is 10.2. The molecule has 0 spiro atoms. The maximum Gasteiger partial charge on any atom is 0.277 e. The van der Waals surface area contributed by atoms with E-state index in [1.807, 2.05) is 6.92 Å². The number of hydrazone groups is 1. The lowest BCUT2D eigenvalue weighted by molar-refractivity contribution is -0.384. The van der Waals surface area contributed by atoms with Crippen LogP contribution in [0.3, 0.4) is 0 Å². The van der Waals surface area contributed by atoms with Crippen LogP contribution >= 0.6 is 11.6 Å². The second-order valence-corrected chi connectivity index (χ2v) is 5.28. The topological polar surface area (TPSA) is 93.8 Å². The minimum absolute atomic E-state index is 0.0492. The van der Waals surface area contributed by atoms with Crippen LogP contribution in [0, 0.1) is 17.0 Å². The molecule has 1 N–H and O–H groups in total. The van der Waals surface area contributed by atoms with Crippen molar-refractivity contribution in [3.8, 4) is 5.75 Å². The summed E-state index contributed by atoms with van der Waals surface area (Å²) < 4.78 is 5.37. The summed E-state index contributed by atoms with van der Waals surface area (Å²) in [4.78, 5) is 21.8. The molecule has 8 heteroatoms. The quantitative estimate of drug-likeness (QED) is 0.493. The number of nitro benzene ring substituents is 1. The van der Waals surface area contributed by atoms with Crippen LogP contribution in [0.1, 0.15) is 11.1 Å². The zero-order valence-electron chi connectivity index (χ0n) is 12.7. The predicted molar refractivity (Wildman–Crippen MR) is 90.5 cm³/mol. The van der Waals surface area contributed by atoms with E-state index in [0.29, 0.717) is 16.3 Å². The number of nitrogens with zero attached hydrogens (tertiary/aromatic N) is 2. The molecule has 124 valence electrons. The highest BCUT2D eigenvalue weighted by atomic mass is 35.5. The molecule has 0 aliphatic rings. The molecule has 0 atom stereocenters. The highest BCUT2D eigenvalue weighted by molar-refractivity contribution is 6.30. The van der Waals surface area contributed by atoms with Crippen molar-refractivity contribution in [3.05, 3.63) is 68.7 Å². The Kier molecular flexibility index (Phi) is 5.86. The Bertz CT molecular complexity index is 793. The third-order valence-electron chi connectivity index (χ3n) is 2.98. The number of ether oxygens (including phenoxy) is 1.